The number of β-lactam (4-membered cyclic amide) rings is 1. The summed E-state index contributed by atoms with van der Waals surface area (Å²) in [5, 5.41) is 0.540. The normalized spacial score (nSPS) is 22.0. The average Bonchev–Trinajstić information content (AvgIpc) is 2.89. The van der Waals surface area contributed by atoms with Crippen molar-refractivity contribution in [1.82, 2.24) is 19.9 Å². The molecule has 1 spiro atoms. The molecule has 0 unspecified atom stereocenters. The summed E-state index contributed by atoms with van der Waals surface area (Å²) in [5.74, 6) is 1.95. The number of carbonyl (C=O) groups is 1. The minimum atomic E-state index is -0.150. The Labute approximate surface area is 218 Å². The van der Waals surface area contributed by atoms with Crippen LogP contribution >= 0.6 is 11.6 Å². The molecule has 6 nitrogen and oxygen atoms in total. The van der Waals surface area contributed by atoms with Crippen molar-refractivity contribution in [2.75, 3.05) is 13.7 Å². The number of hydrogen-bond donors (Lipinski definition) is 0. The molecule has 36 heavy (non-hydrogen) atoms. The van der Waals surface area contributed by atoms with Gasteiger partial charge in [0.05, 0.1) is 17.5 Å². The topological polar surface area (TPSA) is 68.2 Å². The van der Waals surface area contributed by atoms with E-state index in [0.29, 0.717) is 46.0 Å². The molecule has 0 bridgehead atoms. The number of halogens is 1. The van der Waals surface area contributed by atoms with Crippen LogP contribution in [0.5, 0.6) is 6.01 Å². The van der Waals surface area contributed by atoms with Gasteiger partial charge >= 0.3 is 6.01 Å². The van der Waals surface area contributed by atoms with Crippen LogP contribution in [0.1, 0.15) is 52.0 Å². The number of methoxy groups -OCH3 is 1. The zero-order chi connectivity index (χ0) is 25.5. The summed E-state index contributed by atoms with van der Waals surface area (Å²) in [5.41, 5.74) is 2.72. The molecule has 1 aromatic heterocycles. The average molecular weight is 505 g/mol. The zero-order valence-corrected chi connectivity index (χ0v) is 22.2. The summed E-state index contributed by atoms with van der Waals surface area (Å²) in [7, 11) is 1.53. The molecule has 2 fully saturated rings. The number of amides is 1. The lowest BCUT2D eigenvalue weighted by Crippen LogP contribution is -2.62. The van der Waals surface area contributed by atoms with Crippen molar-refractivity contribution in [1.29, 1.82) is 0 Å². The third-order valence-corrected chi connectivity index (χ3v) is 8.21. The van der Waals surface area contributed by atoms with Crippen molar-refractivity contribution >= 4 is 17.5 Å². The third kappa shape index (κ3) is 4.71. The highest BCUT2D eigenvalue weighted by molar-refractivity contribution is 6.33. The Morgan fingerprint density at radius 1 is 1.03 bits per heavy atom. The summed E-state index contributed by atoms with van der Waals surface area (Å²) in [4.78, 5) is 28.8. The zero-order valence-electron chi connectivity index (χ0n) is 21.4. The van der Waals surface area contributed by atoms with E-state index in [-0.39, 0.29) is 11.4 Å². The van der Waals surface area contributed by atoms with Crippen LogP contribution in [0.2, 0.25) is 5.02 Å². The van der Waals surface area contributed by atoms with Crippen molar-refractivity contribution in [3.8, 4) is 28.8 Å². The largest absolute Gasteiger partial charge is 0.467 e. The van der Waals surface area contributed by atoms with E-state index in [1.165, 1.54) is 7.11 Å². The predicted molar refractivity (Wildman–Crippen MR) is 142 cm³/mol. The molecule has 0 N–H and O–H groups in total. The second kappa shape index (κ2) is 9.47. The van der Waals surface area contributed by atoms with Gasteiger partial charge in [0, 0.05) is 24.2 Å². The summed E-state index contributed by atoms with van der Waals surface area (Å²) >= 11 is 6.58. The maximum atomic E-state index is 13.3. The second-order valence-corrected chi connectivity index (χ2v) is 11.6. The fraction of sp³-hybridized carbons (Fsp3) is 0.448. The number of benzene rings is 2. The van der Waals surface area contributed by atoms with Gasteiger partial charge < -0.3 is 9.64 Å². The molecule has 5 rings (SSSR count). The first-order valence-corrected chi connectivity index (χ1v) is 13.0. The maximum absolute atomic E-state index is 13.3. The predicted octanol–water partition coefficient (Wildman–Crippen LogP) is 6.43. The fourth-order valence-electron chi connectivity index (χ4n) is 5.63. The highest BCUT2D eigenvalue weighted by Gasteiger charge is 2.53. The Morgan fingerprint density at radius 3 is 2.36 bits per heavy atom. The molecule has 1 amide bonds. The molecule has 2 aromatic carbocycles. The van der Waals surface area contributed by atoms with Gasteiger partial charge in [-0.15, -0.1) is 0 Å². The number of hydrogen-bond acceptors (Lipinski definition) is 5. The standard InChI is InChI=1S/C29H33ClN4O2/c1-28(2,3)21-12-14-29(15-13-21)18-34(26(29)35)17-19-10-11-23(30)22(16-19)25-31-24(32-27(33-25)36-4)20-8-6-5-7-9-20/h5-11,16,21H,12-15,17-18H2,1-4H3. The number of carbonyl (C=O) groups excluding carboxylic acids is 1. The second-order valence-electron chi connectivity index (χ2n) is 11.2. The minimum Gasteiger partial charge on any atom is -0.467 e. The lowest BCUT2D eigenvalue weighted by atomic mass is 9.61. The van der Waals surface area contributed by atoms with Crippen molar-refractivity contribution in [2.24, 2.45) is 16.7 Å². The molecule has 2 aliphatic rings. The maximum Gasteiger partial charge on any atom is 0.320 e. The summed E-state index contributed by atoms with van der Waals surface area (Å²) in [6.07, 6.45) is 4.28. The molecular formula is C29H33ClN4O2. The fourth-order valence-corrected chi connectivity index (χ4v) is 5.83. The van der Waals surface area contributed by atoms with Gasteiger partial charge in [0.2, 0.25) is 5.91 Å². The van der Waals surface area contributed by atoms with E-state index in [0.717, 1.165) is 43.4 Å². The molecule has 7 heteroatoms. The van der Waals surface area contributed by atoms with Gasteiger partial charge in [0.15, 0.2) is 11.6 Å². The quantitative estimate of drug-likeness (QED) is 0.374. The number of ether oxygens (including phenoxy) is 1. The lowest BCUT2D eigenvalue weighted by Gasteiger charge is -2.53. The van der Waals surface area contributed by atoms with E-state index in [2.05, 4.69) is 35.7 Å². The lowest BCUT2D eigenvalue weighted by molar-refractivity contribution is -0.166. The van der Waals surface area contributed by atoms with E-state index in [1.54, 1.807) is 0 Å². The van der Waals surface area contributed by atoms with Gasteiger partial charge in [-0.25, -0.2) is 4.98 Å². The van der Waals surface area contributed by atoms with E-state index in [1.807, 2.05) is 53.4 Å². The van der Waals surface area contributed by atoms with Gasteiger partial charge in [0.25, 0.3) is 0 Å². The van der Waals surface area contributed by atoms with Crippen molar-refractivity contribution in [3.63, 3.8) is 0 Å². The Bertz CT molecular complexity index is 1260. The first kappa shape index (κ1) is 24.7. The van der Waals surface area contributed by atoms with Crippen molar-refractivity contribution in [3.05, 3.63) is 59.1 Å². The number of aromatic nitrogens is 3. The number of rotatable bonds is 5. The molecule has 1 saturated heterocycles. The van der Waals surface area contributed by atoms with Crippen LogP contribution in [0.15, 0.2) is 48.5 Å². The van der Waals surface area contributed by atoms with E-state index < -0.39 is 0 Å². The number of nitrogens with zero attached hydrogens (tertiary/aromatic N) is 4. The van der Waals surface area contributed by atoms with Crippen LogP contribution in [-0.2, 0) is 11.3 Å². The van der Waals surface area contributed by atoms with Gasteiger partial charge in [-0.3, -0.25) is 4.79 Å². The molecule has 1 aliphatic heterocycles. The van der Waals surface area contributed by atoms with Crippen LogP contribution in [0, 0.1) is 16.7 Å². The molecule has 1 saturated carbocycles. The highest BCUT2D eigenvalue weighted by Crippen LogP contribution is 2.50. The van der Waals surface area contributed by atoms with Crippen LogP contribution in [0.3, 0.4) is 0 Å². The van der Waals surface area contributed by atoms with Crippen LogP contribution in [0.25, 0.3) is 22.8 Å². The first-order chi connectivity index (χ1) is 17.2. The Kier molecular flexibility index (Phi) is 6.50. The van der Waals surface area contributed by atoms with E-state index in [4.69, 9.17) is 16.3 Å². The molecule has 0 atom stereocenters. The highest BCUT2D eigenvalue weighted by atomic mass is 35.5. The Balaban J connectivity index is 1.34. The van der Waals surface area contributed by atoms with Crippen molar-refractivity contribution in [2.45, 2.75) is 53.0 Å². The van der Waals surface area contributed by atoms with Gasteiger partial charge in [-0.05, 0) is 54.7 Å². The molecule has 1 aliphatic carbocycles. The molecule has 188 valence electrons. The van der Waals surface area contributed by atoms with Gasteiger partial charge in [-0.1, -0.05) is 68.8 Å². The first-order valence-electron chi connectivity index (χ1n) is 12.6. The Morgan fingerprint density at radius 2 is 1.72 bits per heavy atom. The minimum absolute atomic E-state index is 0.150. The summed E-state index contributed by atoms with van der Waals surface area (Å²) in [6, 6.07) is 15.7. The van der Waals surface area contributed by atoms with E-state index in [9.17, 15) is 4.79 Å². The van der Waals surface area contributed by atoms with E-state index >= 15 is 0 Å². The van der Waals surface area contributed by atoms with Crippen LogP contribution < -0.4 is 4.74 Å². The Hall–Kier alpha value is -2.99. The van der Waals surface area contributed by atoms with Crippen LogP contribution in [-0.4, -0.2) is 39.4 Å². The monoisotopic (exact) mass is 504 g/mol. The summed E-state index contributed by atoms with van der Waals surface area (Å²) < 4.78 is 5.35. The van der Waals surface area contributed by atoms with Crippen molar-refractivity contribution < 1.29 is 9.53 Å². The van der Waals surface area contributed by atoms with Crippen LogP contribution in [0.4, 0.5) is 0 Å². The van der Waals surface area contributed by atoms with Gasteiger partial charge in [-0.2, -0.15) is 9.97 Å². The SMILES string of the molecule is COc1nc(-c2ccccc2)nc(-c2cc(CN3CC4(CCC(C(C)(C)C)CC4)C3=O)ccc2Cl)n1. The smallest absolute Gasteiger partial charge is 0.320 e. The summed E-state index contributed by atoms with van der Waals surface area (Å²) in [6.45, 7) is 8.33. The molecule has 2 heterocycles. The number of likely N-dealkylation sites (tertiary alicyclic amines) is 1. The third-order valence-electron chi connectivity index (χ3n) is 7.88. The molecular weight excluding hydrogens is 472 g/mol. The molecule has 3 aromatic rings. The molecule has 0 radical (unpaired) electrons. The van der Waals surface area contributed by atoms with Gasteiger partial charge in [0.1, 0.15) is 0 Å².